The molecule has 22 heavy (non-hydrogen) atoms. The second-order valence-electron chi connectivity index (χ2n) is 4.50. The van der Waals surface area contributed by atoms with Gasteiger partial charge in [0.05, 0.1) is 16.1 Å². The molecule has 0 fully saturated rings. The zero-order valence-corrected chi connectivity index (χ0v) is 12.0. The molecule has 0 aliphatic heterocycles. The number of nitrogens with one attached hydrogen (secondary N) is 2. The van der Waals surface area contributed by atoms with Crippen LogP contribution >= 0.6 is 0 Å². The molecule has 0 amide bonds. The Morgan fingerprint density at radius 2 is 2.00 bits per heavy atom. The monoisotopic (exact) mass is 314 g/mol. The maximum Gasteiger partial charge on any atom is 0.417 e. The lowest BCUT2D eigenvalue weighted by molar-refractivity contribution is 0.554. The van der Waals surface area contributed by atoms with Gasteiger partial charge in [-0.15, -0.1) is 6.42 Å². The van der Waals surface area contributed by atoms with Gasteiger partial charge in [-0.1, -0.05) is 12.0 Å². The van der Waals surface area contributed by atoms with E-state index >= 15 is 0 Å². The Morgan fingerprint density at radius 1 is 1.18 bits per heavy atom. The molecule has 0 saturated carbocycles. The molecule has 0 unspecified atom stereocenters. The van der Waals surface area contributed by atoms with Gasteiger partial charge in [-0.3, -0.25) is 9.71 Å². The number of anilines is 1. The van der Waals surface area contributed by atoms with Crippen molar-refractivity contribution in [2.75, 3.05) is 4.72 Å². The molecule has 110 valence electrons. The van der Waals surface area contributed by atoms with E-state index in [1.165, 1.54) is 18.2 Å². The summed E-state index contributed by atoms with van der Waals surface area (Å²) in [6, 6.07) is 10.6. The normalized spacial score (nSPS) is 11.2. The molecule has 1 aromatic heterocycles. The van der Waals surface area contributed by atoms with E-state index in [2.05, 4.69) is 15.6 Å². The lowest BCUT2D eigenvalue weighted by atomic mass is 10.2. The van der Waals surface area contributed by atoms with E-state index in [4.69, 9.17) is 10.8 Å². The van der Waals surface area contributed by atoms with Gasteiger partial charge >= 0.3 is 5.76 Å². The zero-order valence-electron chi connectivity index (χ0n) is 11.2. The van der Waals surface area contributed by atoms with E-state index in [1.807, 2.05) is 0 Å². The first-order valence-corrected chi connectivity index (χ1v) is 7.69. The van der Waals surface area contributed by atoms with E-state index in [0.717, 1.165) is 0 Å². The summed E-state index contributed by atoms with van der Waals surface area (Å²) in [5.41, 5.74) is 1.52. The van der Waals surface area contributed by atoms with Gasteiger partial charge in [0.25, 0.3) is 10.0 Å². The molecule has 0 atom stereocenters. The van der Waals surface area contributed by atoms with Gasteiger partial charge in [0.1, 0.15) is 0 Å². The van der Waals surface area contributed by atoms with Gasteiger partial charge in [-0.05, 0) is 30.3 Å². The van der Waals surface area contributed by atoms with E-state index in [-0.39, 0.29) is 10.5 Å². The van der Waals surface area contributed by atoms with Crippen LogP contribution in [0.4, 0.5) is 5.69 Å². The van der Waals surface area contributed by atoms with Crippen molar-refractivity contribution in [1.29, 1.82) is 0 Å². The number of terminal acetylenes is 1. The van der Waals surface area contributed by atoms with Gasteiger partial charge in [0.2, 0.25) is 0 Å². The number of fused-ring (bicyclic) bond motifs is 1. The van der Waals surface area contributed by atoms with Gasteiger partial charge in [0.15, 0.2) is 5.58 Å². The number of oxazole rings is 1. The van der Waals surface area contributed by atoms with E-state index < -0.39 is 15.8 Å². The highest BCUT2D eigenvalue weighted by Gasteiger charge is 2.16. The summed E-state index contributed by atoms with van der Waals surface area (Å²) in [7, 11) is -3.82. The highest BCUT2D eigenvalue weighted by Crippen LogP contribution is 2.20. The summed E-state index contributed by atoms with van der Waals surface area (Å²) in [5, 5.41) is 0. The minimum Gasteiger partial charge on any atom is -0.408 e. The first kappa shape index (κ1) is 14.0. The molecule has 1 heterocycles. The SMILES string of the molecule is C#Cc1cccc(NS(=O)(=O)c2ccc3[nH]c(=O)oc3c2)c1. The Kier molecular flexibility index (Phi) is 3.23. The maximum atomic E-state index is 12.4. The van der Waals surface area contributed by atoms with Crippen LogP contribution in [0, 0.1) is 12.3 Å². The summed E-state index contributed by atoms with van der Waals surface area (Å²) < 4.78 is 32.0. The maximum absolute atomic E-state index is 12.4. The molecular weight excluding hydrogens is 304 g/mol. The molecular formula is C15H10N2O4S. The van der Waals surface area contributed by atoms with Crippen LogP contribution in [0.15, 0.2) is 56.6 Å². The zero-order chi connectivity index (χ0) is 15.7. The average Bonchev–Trinajstić information content (AvgIpc) is 2.86. The fourth-order valence-electron chi connectivity index (χ4n) is 1.98. The fraction of sp³-hybridized carbons (Fsp3) is 0. The predicted octanol–water partition coefficient (Wildman–Crippen LogP) is 1.90. The molecule has 0 saturated heterocycles. The second-order valence-corrected chi connectivity index (χ2v) is 6.19. The largest absolute Gasteiger partial charge is 0.417 e. The predicted molar refractivity (Wildman–Crippen MR) is 82.0 cm³/mol. The molecule has 0 aliphatic carbocycles. The van der Waals surface area contributed by atoms with Crippen molar-refractivity contribution >= 4 is 26.8 Å². The number of hydrogen-bond acceptors (Lipinski definition) is 4. The van der Waals surface area contributed by atoms with Crippen molar-refractivity contribution in [3.8, 4) is 12.3 Å². The van der Waals surface area contributed by atoms with Crippen LogP contribution in [0.3, 0.4) is 0 Å². The average molecular weight is 314 g/mol. The molecule has 0 bridgehead atoms. The summed E-state index contributed by atoms with van der Waals surface area (Å²) in [6.45, 7) is 0. The first-order chi connectivity index (χ1) is 10.5. The Labute approximate surface area is 125 Å². The van der Waals surface area contributed by atoms with Gasteiger partial charge < -0.3 is 4.42 Å². The minimum absolute atomic E-state index is 0.0196. The van der Waals surface area contributed by atoms with Crippen LogP contribution in [-0.2, 0) is 10.0 Å². The summed E-state index contributed by atoms with van der Waals surface area (Å²) in [5.74, 6) is 1.79. The molecule has 3 aromatic rings. The standard InChI is InChI=1S/C15H10N2O4S/c1-2-10-4-3-5-11(8-10)17-22(19,20)12-6-7-13-14(9-12)21-15(18)16-13/h1,3-9,17H,(H,16,18). The van der Waals surface area contributed by atoms with Crippen LogP contribution in [0.2, 0.25) is 0 Å². The Morgan fingerprint density at radius 3 is 2.77 bits per heavy atom. The van der Waals surface area contributed by atoms with Crippen molar-refractivity contribution in [3.63, 3.8) is 0 Å². The van der Waals surface area contributed by atoms with E-state index in [0.29, 0.717) is 16.8 Å². The van der Waals surface area contributed by atoms with E-state index in [9.17, 15) is 13.2 Å². The summed E-state index contributed by atoms with van der Waals surface area (Å²) in [6.07, 6.45) is 5.29. The van der Waals surface area contributed by atoms with Crippen LogP contribution < -0.4 is 10.5 Å². The van der Waals surface area contributed by atoms with Crippen molar-refractivity contribution < 1.29 is 12.8 Å². The van der Waals surface area contributed by atoms with E-state index in [1.54, 1.807) is 24.3 Å². The highest BCUT2D eigenvalue weighted by atomic mass is 32.2. The summed E-state index contributed by atoms with van der Waals surface area (Å²) in [4.78, 5) is 13.5. The fourth-order valence-corrected chi connectivity index (χ4v) is 3.04. The Bertz CT molecular complexity index is 1050. The topological polar surface area (TPSA) is 92.2 Å². The quantitative estimate of drug-likeness (QED) is 0.722. The van der Waals surface area contributed by atoms with Crippen LogP contribution in [0.25, 0.3) is 11.1 Å². The van der Waals surface area contributed by atoms with Gasteiger partial charge in [-0.25, -0.2) is 13.2 Å². The van der Waals surface area contributed by atoms with Gasteiger partial charge in [-0.2, -0.15) is 0 Å². The minimum atomic E-state index is -3.82. The summed E-state index contributed by atoms with van der Waals surface area (Å²) >= 11 is 0. The lowest BCUT2D eigenvalue weighted by Crippen LogP contribution is -2.12. The van der Waals surface area contributed by atoms with Crippen molar-refractivity contribution in [1.82, 2.24) is 4.98 Å². The number of aromatic amines is 1. The lowest BCUT2D eigenvalue weighted by Gasteiger charge is -2.08. The van der Waals surface area contributed by atoms with Crippen LogP contribution in [0.5, 0.6) is 0 Å². The number of sulfonamides is 1. The second kappa shape index (κ2) is 5.09. The van der Waals surface area contributed by atoms with Crippen molar-refractivity contribution in [2.24, 2.45) is 0 Å². The molecule has 2 N–H and O–H groups in total. The third kappa shape index (κ3) is 2.60. The molecule has 0 radical (unpaired) electrons. The molecule has 0 aliphatic rings. The number of hydrogen-bond donors (Lipinski definition) is 2. The third-order valence-corrected chi connectivity index (χ3v) is 4.36. The number of H-pyrrole nitrogens is 1. The molecule has 0 spiro atoms. The highest BCUT2D eigenvalue weighted by molar-refractivity contribution is 7.92. The molecule has 2 aromatic carbocycles. The Balaban J connectivity index is 2.00. The molecule has 7 heteroatoms. The number of benzene rings is 2. The Hall–Kier alpha value is -2.98. The van der Waals surface area contributed by atoms with Crippen LogP contribution in [0.1, 0.15) is 5.56 Å². The molecule has 6 nitrogen and oxygen atoms in total. The number of rotatable bonds is 3. The van der Waals surface area contributed by atoms with Crippen LogP contribution in [-0.4, -0.2) is 13.4 Å². The van der Waals surface area contributed by atoms with Gasteiger partial charge in [0, 0.05) is 11.6 Å². The first-order valence-electron chi connectivity index (χ1n) is 6.20. The van der Waals surface area contributed by atoms with Crippen molar-refractivity contribution in [2.45, 2.75) is 4.90 Å². The molecule has 3 rings (SSSR count). The number of aromatic nitrogens is 1. The third-order valence-electron chi connectivity index (χ3n) is 2.98. The smallest absolute Gasteiger partial charge is 0.408 e. The van der Waals surface area contributed by atoms with Crippen molar-refractivity contribution in [3.05, 3.63) is 58.6 Å².